The van der Waals surface area contributed by atoms with Gasteiger partial charge in [-0.25, -0.2) is 9.78 Å². The maximum absolute atomic E-state index is 12.9. The van der Waals surface area contributed by atoms with E-state index in [2.05, 4.69) is 15.0 Å². The Morgan fingerprint density at radius 2 is 1.94 bits per heavy atom. The smallest absolute Gasteiger partial charge is 0.337 e. The average Bonchev–Trinajstić information content (AvgIpc) is 3.21. The van der Waals surface area contributed by atoms with Crippen molar-refractivity contribution in [1.29, 1.82) is 0 Å². The van der Waals surface area contributed by atoms with Crippen molar-refractivity contribution in [3.63, 3.8) is 0 Å². The number of carbonyl (C=O) groups is 2. The third-order valence-corrected chi connectivity index (χ3v) is 5.93. The fraction of sp³-hybridized carbons (Fsp3) is 0.0909. The number of rotatable bonds is 5. The van der Waals surface area contributed by atoms with E-state index in [1.165, 1.54) is 35.4 Å². The van der Waals surface area contributed by atoms with Gasteiger partial charge in [0.1, 0.15) is 11.2 Å². The number of carbonyl (C=O) groups excluding carboxylic acids is 2. The molecule has 0 fully saturated rings. The van der Waals surface area contributed by atoms with Crippen LogP contribution in [0, 0.1) is 0 Å². The second-order valence-corrected chi connectivity index (χ2v) is 8.12. The maximum atomic E-state index is 12.9. The van der Waals surface area contributed by atoms with E-state index in [-0.39, 0.29) is 12.1 Å². The van der Waals surface area contributed by atoms with Crippen LogP contribution in [0.5, 0.6) is 0 Å². The van der Waals surface area contributed by atoms with Gasteiger partial charge in [-0.3, -0.25) is 14.2 Å². The number of methoxy groups -OCH3 is 1. The molecule has 156 valence electrons. The number of benzene rings is 2. The number of halogens is 1. The normalized spacial score (nSPS) is 10.8. The molecule has 2 aromatic carbocycles. The van der Waals surface area contributed by atoms with Crippen molar-refractivity contribution in [1.82, 2.24) is 9.55 Å². The Morgan fingerprint density at radius 1 is 1.16 bits per heavy atom. The number of thiophene rings is 1. The van der Waals surface area contributed by atoms with E-state index in [4.69, 9.17) is 11.6 Å². The van der Waals surface area contributed by atoms with Crippen LogP contribution in [0.3, 0.4) is 0 Å². The first-order valence-corrected chi connectivity index (χ1v) is 10.4. The van der Waals surface area contributed by atoms with E-state index in [1.807, 2.05) is 18.2 Å². The average molecular weight is 454 g/mol. The van der Waals surface area contributed by atoms with Crippen molar-refractivity contribution in [2.45, 2.75) is 6.54 Å². The number of nitrogens with one attached hydrogen (secondary N) is 1. The van der Waals surface area contributed by atoms with E-state index in [0.29, 0.717) is 26.5 Å². The van der Waals surface area contributed by atoms with Gasteiger partial charge in [0.25, 0.3) is 5.56 Å². The van der Waals surface area contributed by atoms with E-state index < -0.39 is 11.9 Å². The molecule has 2 aromatic heterocycles. The SMILES string of the molecule is COC(=O)c1cccc(NC(=O)Cn2cnc3cc(-c4ccc(Cl)cc4)sc3c2=O)c1. The van der Waals surface area contributed by atoms with Crippen molar-refractivity contribution in [3.8, 4) is 10.4 Å². The van der Waals surface area contributed by atoms with Gasteiger partial charge >= 0.3 is 5.97 Å². The van der Waals surface area contributed by atoms with Crippen LogP contribution in [0.25, 0.3) is 20.7 Å². The maximum Gasteiger partial charge on any atom is 0.337 e. The number of hydrogen-bond donors (Lipinski definition) is 1. The minimum atomic E-state index is -0.504. The van der Waals surface area contributed by atoms with E-state index in [9.17, 15) is 14.4 Å². The van der Waals surface area contributed by atoms with Crippen LogP contribution >= 0.6 is 22.9 Å². The molecule has 0 saturated carbocycles. The summed E-state index contributed by atoms with van der Waals surface area (Å²) in [4.78, 5) is 42.2. The number of nitrogens with zero attached hydrogens (tertiary/aromatic N) is 2. The van der Waals surface area contributed by atoms with Gasteiger partial charge in [0.15, 0.2) is 0 Å². The van der Waals surface area contributed by atoms with Crippen LogP contribution in [0.4, 0.5) is 5.69 Å². The number of aromatic nitrogens is 2. The van der Waals surface area contributed by atoms with Gasteiger partial charge in [0.05, 0.1) is 24.5 Å². The third-order valence-electron chi connectivity index (χ3n) is 4.51. The molecule has 2 heterocycles. The van der Waals surface area contributed by atoms with Gasteiger partial charge < -0.3 is 10.1 Å². The summed E-state index contributed by atoms with van der Waals surface area (Å²) in [5, 5.41) is 3.31. The zero-order valence-electron chi connectivity index (χ0n) is 16.3. The molecule has 1 N–H and O–H groups in total. The van der Waals surface area contributed by atoms with Crippen molar-refractivity contribution in [3.05, 3.63) is 81.9 Å². The summed E-state index contributed by atoms with van der Waals surface area (Å²) in [5.74, 6) is -0.920. The molecular formula is C22H16ClN3O4S. The zero-order chi connectivity index (χ0) is 22.0. The molecule has 0 aliphatic heterocycles. The van der Waals surface area contributed by atoms with Crippen LogP contribution in [-0.2, 0) is 16.1 Å². The van der Waals surface area contributed by atoms with E-state index in [0.717, 1.165) is 10.4 Å². The van der Waals surface area contributed by atoms with Crippen LogP contribution in [-0.4, -0.2) is 28.5 Å². The lowest BCUT2D eigenvalue weighted by molar-refractivity contribution is -0.116. The summed E-state index contributed by atoms with van der Waals surface area (Å²) in [6.45, 7) is -0.210. The highest BCUT2D eigenvalue weighted by atomic mass is 35.5. The Morgan fingerprint density at radius 3 is 2.68 bits per heavy atom. The van der Waals surface area contributed by atoms with Crippen molar-refractivity contribution >= 4 is 50.7 Å². The molecule has 0 aliphatic rings. The van der Waals surface area contributed by atoms with Crippen LogP contribution in [0.2, 0.25) is 5.02 Å². The Labute approximate surface area is 185 Å². The van der Waals surface area contributed by atoms with Gasteiger partial charge in [0.2, 0.25) is 5.91 Å². The topological polar surface area (TPSA) is 90.3 Å². The van der Waals surface area contributed by atoms with E-state index in [1.54, 1.807) is 30.3 Å². The number of esters is 1. The third kappa shape index (κ3) is 4.50. The highest BCUT2D eigenvalue weighted by Crippen LogP contribution is 2.31. The summed E-state index contributed by atoms with van der Waals surface area (Å²) in [5.41, 5.74) is 1.95. The molecule has 31 heavy (non-hydrogen) atoms. The number of amides is 1. The van der Waals surface area contributed by atoms with Crippen molar-refractivity contribution in [2.24, 2.45) is 0 Å². The summed E-state index contributed by atoms with van der Waals surface area (Å²) >= 11 is 7.25. The van der Waals surface area contributed by atoms with Crippen LogP contribution in [0.1, 0.15) is 10.4 Å². The standard InChI is InChI=1S/C22H16ClN3O4S/c1-30-22(29)14-3-2-4-16(9-14)25-19(27)11-26-12-24-17-10-18(31-20(17)21(26)28)13-5-7-15(23)8-6-13/h2-10,12H,11H2,1H3,(H,25,27). The number of fused-ring (bicyclic) bond motifs is 1. The summed E-state index contributed by atoms with van der Waals surface area (Å²) in [7, 11) is 1.28. The van der Waals surface area contributed by atoms with Crippen LogP contribution in [0.15, 0.2) is 65.7 Å². The zero-order valence-corrected chi connectivity index (χ0v) is 17.9. The molecule has 0 unspecified atom stereocenters. The van der Waals surface area contributed by atoms with Gasteiger partial charge in [-0.05, 0) is 42.0 Å². The molecule has 1 amide bonds. The lowest BCUT2D eigenvalue weighted by Gasteiger charge is -2.08. The monoisotopic (exact) mass is 453 g/mol. The molecular weight excluding hydrogens is 438 g/mol. The minimum absolute atomic E-state index is 0.210. The largest absolute Gasteiger partial charge is 0.465 e. The summed E-state index contributed by atoms with van der Waals surface area (Å²) in [6, 6.07) is 15.5. The molecule has 0 atom stereocenters. The Balaban J connectivity index is 1.55. The number of hydrogen-bond acceptors (Lipinski definition) is 6. The molecule has 4 aromatic rings. The van der Waals surface area contributed by atoms with Gasteiger partial charge in [0, 0.05) is 15.6 Å². The first-order chi connectivity index (χ1) is 14.9. The Hall–Kier alpha value is -3.49. The lowest BCUT2D eigenvalue weighted by Crippen LogP contribution is -2.27. The van der Waals surface area contributed by atoms with Gasteiger partial charge in [-0.15, -0.1) is 11.3 Å². The molecule has 0 spiro atoms. The Kier molecular flexibility index (Phi) is 5.83. The fourth-order valence-corrected chi connectivity index (χ4v) is 4.20. The minimum Gasteiger partial charge on any atom is -0.465 e. The first-order valence-electron chi connectivity index (χ1n) is 9.18. The quantitative estimate of drug-likeness (QED) is 0.457. The predicted molar refractivity (Wildman–Crippen MR) is 121 cm³/mol. The second kappa shape index (κ2) is 8.71. The highest BCUT2D eigenvalue weighted by Gasteiger charge is 2.13. The summed E-state index contributed by atoms with van der Waals surface area (Å²) in [6.07, 6.45) is 1.35. The van der Waals surface area contributed by atoms with Crippen molar-refractivity contribution < 1.29 is 14.3 Å². The molecule has 0 aliphatic carbocycles. The molecule has 0 radical (unpaired) electrons. The van der Waals surface area contributed by atoms with Crippen LogP contribution < -0.4 is 10.9 Å². The molecule has 4 rings (SSSR count). The first kappa shape index (κ1) is 20.8. The number of anilines is 1. The highest BCUT2D eigenvalue weighted by molar-refractivity contribution is 7.22. The molecule has 0 bridgehead atoms. The van der Waals surface area contributed by atoms with Gasteiger partial charge in [-0.2, -0.15) is 0 Å². The van der Waals surface area contributed by atoms with E-state index >= 15 is 0 Å². The van der Waals surface area contributed by atoms with Crippen molar-refractivity contribution in [2.75, 3.05) is 12.4 Å². The lowest BCUT2D eigenvalue weighted by atomic mass is 10.2. The molecule has 7 nitrogen and oxygen atoms in total. The Bertz CT molecular complexity index is 1350. The predicted octanol–water partition coefficient (Wildman–Crippen LogP) is 4.20. The summed E-state index contributed by atoms with van der Waals surface area (Å²) < 4.78 is 6.40. The van der Waals surface area contributed by atoms with Gasteiger partial charge in [-0.1, -0.05) is 29.8 Å². The second-order valence-electron chi connectivity index (χ2n) is 6.63. The number of ether oxygens (including phenoxy) is 1. The molecule has 9 heteroatoms. The molecule has 0 saturated heterocycles. The fourth-order valence-electron chi connectivity index (χ4n) is 3.01.